The van der Waals surface area contributed by atoms with Gasteiger partial charge < -0.3 is 19.5 Å². The Morgan fingerprint density at radius 3 is 3.08 bits per heavy atom. The number of amides is 1. The third-order valence-corrected chi connectivity index (χ3v) is 4.33. The lowest BCUT2D eigenvalue weighted by Gasteiger charge is -2.19. The number of hydrogen-bond acceptors (Lipinski definition) is 7. The minimum Gasteiger partial charge on any atom is -0.380 e. The Hall–Kier alpha value is -2.32. The van der Waals surface area contributed by atoms with Crippen molar-refractivity contribution in [1.29, 1.82) is 0 Å². The van der Waals surface area contributed by atoms with Crippen LogP contribution in [0.4, 0.5) is 0 Å². The third-order valence-electron chi connectivity index (χ3n) is 4.33. The molecule has 2 aromatic heterocycles. The van der Waals surface area contributed by atoms with Crippen LogP contribution in [0.2, 0.25) is 0 Å². The molecule has 1 atom stereocenters. The molecule has 1 saturated heterocycles. The van der Waals surface area contributed by atoms with Crippen LogP contribution >= 0.6 is 0 Å². The fourth-order valence-electron chi connectivity index (χ4n) is 2.90. The highest BCUT2D eigenvalue weighted by molar-refractivity contribution is 5.75. The first-order valence-corrected chi connectivity index (χ1v) is 8.96. The summed E-state index contributed by atoms with van der Waals surface area (Å²) in [6, 6.07) is 3.66. The summed E-state index contributed by atoms with van der Waals surface area (Å²) in [6.45, 7) is 3.99. The van der Waals surface area contributed by atoms with E-state index in [1.165, 1.54) is 0 Å². The first kappa shape index (κ1) is 18.5. The summed E-state index contributed by atoms with van der Waals surface area (Å²) in [5.41, 5.74) is 0.864. The second-order valence-electron chi connectivity index (χ2n) is 6.61. The van der Waals surface area contributed by atoms with E-state index in [-0.39, 0.29) is 5.91 Å². The molecule has 140 valence electrons. The van der Waals surface area contributed by atoms with Gasteiger partial charge in [0.1, 0.15) is 0 Å². The molecule has 0 spiro atoms. The topological polar surface area (TPSA) is 93.4 Å². The van der Waals surface area contributed by atoms with Gasteiger partial charge in [-0.25, -0.2) is 0 Å². The van der Waals surface area contributed by atoms with Crippen LogP contribution in [0.5, 0.6) is 0 Å². The number of nitrogens with zero attached hydrogens (tertiary/aromatic N) is 4. The third kappa shape index (κ3) is 5.60. The fourth-order valence-corrected chi connectivity index (χ4v) is 2.90. The smallest absolute Gasteiger partial charge is 0.226 e. The molecule has 26 heavy (non-hydrogen) atoms. The molecule has 8 heteroatoms. The van der Waals surface area contributed by atoms with Gasteiger partial charge in [0.2, 0.25) is 17.6 Å². The molecule has 1 aliphatic heterocycles. The van der Waals surface area contributed by atoms with Crippen LogP contribution in [0.3, 0.4) is 0 Å². The maximum atomic E-state index is 12.0. The second kappa shape index (κ2) is 9.40. The van der Waals surface area contributed by atoms with Gasteiger partial charge in [0.15, 0.2) is 0 Å². The highest BCUT2D eigenvalue weighted by Crippen LogP contribution is 2.15. The Balaban J connectivity index is 1.37. The predicted molar refractivity (Wildman–Crippen MR) is 95.3 cm³/mol. The van der Waals surface area contributed by atoms with Crippen molar-refractivity contribution in [3.8, 4) is 11.4 Å². The van der Waals surface area contributed by atoms with Crippen molar-refractivity contribution >= 4 is 5.91 Å². The highest BCUT2D eigenvalue weighted by atomic mass is 16.5. The number of rotatable bonds is 7. The zero-order valence-corrected chi connectivity index (χ0v) is 15.1. The van der Waals surface area contributed by atoms with Crippen LogP contribution in [-0.4, -0.2) is 65.8 Å². The van der Waals surface area contributed by atoms with Gasteiger partial charge >= 0.3 is 0 Å². The number of nitrogens with one attached hydrogen (secondary N) is 1. The second-order valence-corrected chi connectivity index (χ2v) is 6.61. The average molecular weight is 359 g/mol. The normalized spacial score (nSPS) is 18.4. The van der Waals surface area contributed by atoms with E-state index in [2.05, 4.69) is 32.4 Å². The van der Waals surface area contributed by atoms with Crippen molar-refractivity contribution < 1.29 is 14.1 Å². The summed E-state index contributed by atoms with van der Waals surface area (Å²) in [7, 11) is 2.08. The molecule has 8 nitrogen and oxygen atoms in total. The van der Waals surface area contributed by atoms with E-state index < -0.39 is 0 Å². The predicted octanol–water partition coefficient (Wildman–Crippen LogP) is 1.15. The number of hydrogen-bond donors (Lipinski definition) is 1. The van der Waals surface area contributed by atoms with Gasteiger partial charge in [0.25, 0.3) is 0 Å². The average Bonchev–Trinajstić information content (AvgIpc) is 3.02. The fraction of sp³-hybridized carbons (Fsp3) is 0.556. The standard InChI is InChI=1S/C18H25N5O3/c1-23-9-10-25-13-14(12-23)11-20-16(24)3-2-4-17-21-18(22-26-17)15-5-7-19-8-6-15/h5-8,14H,2-4,9-13H2,1H3,(H,20,24)/t14-/m0/s1. The lowest BCUT2D eigenvalue weighted by Crippen LogP contribution is -2.35. The van der Waals surface area contributed by atoms with Crippen molar-refractivity contribution in [2.24, 2.45) is 5.92 Å². The molecule has 3 heterocycles. The van der Waals surface area contributed by atoms with Crippen LogP contribution in [0.1, 0.15) is 18.7 Å². The molecule has 0 bridgehead atoms. The molecular formula is C18H25N5O3. The Morgan fingerprint density at radius 2 is 2.23 bits per heavy atom. The molecule has 0 unspecified atom stereocenters. The van der Waals surface area contributed by atoms with Gasteiger partial charge in [-0.1, -0.05) is 5.16 Å². The first-order valence-electron chi connectivity index (χ1n) is 8.96. The molecule has 0 radical (unpaired) electrons. The van der Waals surface area contributed by atoms with Gasteiger partial charge in [-0.15, -0.1) is 0 Å². The van der Waals surface area contributed by atoms with E-state index in [1.54, 1.807) is 12.4 Å². The number of aromatic nitrogens is 3. The van der Waals surface area contributed by atoms with Gasteiger partial charge in [-0.2, -0.15) is 4.98 Å². The van der Waals surface area contributed by atoms with Crippen molar-refractivity contribution in [3.63, 3.8) is 0 Å². The van der Waals surface area contributed by atoms with Gasteiger partial charge in [-0.05, 0) is 25.6 Å². The van der Waals surface area contributed by atoms with Crippen molar-refractivity contribution in [2.75, 3.05) is 39.9 Å². The molecule has 1 N–H and O–H groups in total. The van der Waals surface area contributed by atoms with E-state index in [0.29, 0.717) is 50.0 Å². The van der Waals surface area contributed by atoms with Crippen LogP contribution in [0.15, 0.2) is 29.0 Å². The van der Waals surface area contributed by atoms with E-state index in [9.17, 15) is 4.79 Å². The lowest BCUT2D eigenvalue weighted by molar-refractivity contribution is -0.121. The summed E-state index contributed by atoms with van der Waals surface area (Å²) in [6.07, 6.45) is 5.07. The van der Waals surface area contributed by atoms with E-state index in [4.69, 9.17) is 9.26 Å². The molecule has 3 rings (SSSR count). The highest BCUT2D eigenvalue weighted by Gasteiger charge is 2.17. The van der Waals surface area contributed by atoms with E-state index >= 15 is 0 Å². The summed E-state index contributed by atoms with van der Waals surface area (Å²) < 4.78 is 10.8. The number of carbonyl (C=O) groups is 1. The summed E-state index contributed by atoms with van der Waals surface area (Å²) in [5.74, 6) is 1.48. The molecule has 1 fully saturated rings. The number of ether oxygens (including phenoxy) is 1. The van der Waals surface area contributed by atoms with Crippen molar-refractivity contribution in [3.05, 3.63) is 30.4 Å². The van der Waals surface area contributed by atoms with Crippen molar-refractivity contribution in [1.82, 2.24) is 25.3 Å². The zero-order chi connectivity index (χ0) is 18.2. The quantitative estimate of drug-likeness (QED) is 0.792. The summed E-state index contributed by atoms with van der Waals surface area (Å²) in [4.78, 5) is 22.6. The van der Waals surface area contributed by atoms with Gasteiger partial charge in [0, 0.05) is 56.4 Å². The zero-order valence-electron chi connectivity index (χ0n) is 15.1. The number of carbonyl (C=O) groups excluding carboxylic acids is 1. The van der Waals surface area contributed by atoms with Crippen LogP contribution in [0, 0.1) is 5.92 Å². The van der Waals surface area contributed by atoms with Crippen molar-refractivity contribution in [2.45, 2.75) is 19.3 Å². The Morgan fingerprint density at radius 1 is 1.38 bits per heavy atom. The van der Waals surface area contributed by atoms with Gasteiger partial charge in [0.05, 0.1) is 13.2 Å². The molecule has 0 aliphatic carbocycles. The SMILES string of the molecule is CN1CCOC[C@@H](CNC(=O)CCCc2nc(-c3ccncc3)no2)C1. The molecule has 1 aliphatic rings. The molecule has 0 saturated carbocycles. The number of pyridine rings is 1. The monoisotopic (exact) mass is 359 g/mol. The largest absolute Gasteiger partial charge is 0.380 e. The Kier molecular flexibility index (Phi) is 6.68. The molecule has 0 aromatic carbocycles. The molecule has 2 aromatic rings. The maximum absolute atomic E-state index is 12.0. The summed E-state index contributed by atoms with van der Waals surface area (Å²) in [5, 5.41) is 6.96. The maximum Gasteiger partial charge on any atom is 0.226 e. The van der Waals surface area contributed by atoms with Crippen LogP contribution < -0.4 is 5.32 Å². The number of likely N-dealkylation sites (N-methyl/N-ethyl adjacent to an activating group) is 1. The first-order chi connectivity index (χ1) is 12.7. The summed E-state index contributed by atoms with van der Waals surface area (Å²) >= 11 is 0. The number of aryl methyl sites for hydroxylation is 1. The minimum absolute atomic E-state index is 0.0470. The van der Waals surface area contributed by atoms with Crippen LogP contribution in [0.25, 0.3) is 11.4 Å². The Bertz CT molecular complexity index is 691. The van der Waals surface area contributed by atoms with E-state index in [0.717, 1.165) is 25.3 Å². The van der Waals surface area contributed by atoms with E-state index in [1.807, 2.05) is 12.1 Å². The van der Waals surface area contributed by atoms with Crippen LogP contribution in [-0.2, 0) is 16.0 Å². The van der Waals surface area contributed by atoms with Gasteiger partial charge in [-0.3, -0.25) is 9.78 Å². The molecular weight excluding hydrogens is 334 g/mol. The Labute approximate surface area is 152 Å². The minimum atomic E-state index is 0.0470. The lowest BCUT2D eigenvalue weighted by atomic mass is 10.1. The molecule has 1 amide bonds.